The Labute approximate surface area is 322 Å². The lowest BCUT2D eigenvalue weighted by molar-refractivity contribution is -0.146. The van der Waals surface area contributed by atoms with Gasteiger partial charge in [0.25, 0.3) is 16.0 Å². The SMILES string of the molecule is CCCS(=O)(=O)O.CC[C@H]1CN(C(=O)[C@]2(F)CN(C3CCCC3)CC2c2ccc(OC)cc2)C[C@@H]1c1ccc(C(F)(F)F)cc1N1CCC(C(=O)OC)CC1. The van der Waals surface area contributed by atoms with Crippen molar-refractivity contribution in [2.75, 3.05) is 64.1 Å². The van der Waals surface area contributed by atoms with Gasteiger partial charge >= 0.3 is 12.1 Å². The number of hydrogen-bond donors (Lipinski definition) is 1. The van der Waals surface area contributed by atoms with E-state index in [0.29, 0.717) is 63.3 Å². The number of methoxy groups -OCH3 is 2. The third-order valence-electron chi connectivity index (χ3n) is 12.0. The van der Waals surface area contributed by atoms with Crippen LogP contribution in [-0.2, 0) is 30.6 Å². The van der Waals surface area contributed by atoms with Crippen molar-refractivity contribution >= 4 is 27.7 Å². The molecule has 3 heterocycles. The second-order valence-electron chi connectivity index (χ2n) is 15.4. The number of carbonyl (C=O) groups is 2. The molecule has 0 bridgehead atoms. The van der Waals surface area contributed by atoms with Gasteiger partial charge in [0.05, 0.1) is 31.5 Å². The van der Waals surface area contributed by atoms with Gasteiger partial charge in [0, 0.05) is 62.8 Å². The molecular formula is C40H55F4N3O7S. The fourth-order valence-corrected chi connectivity index (χ4v) is 9.49. The Balaban J connectivity index is 0.000000757. The first kappa shape index (κ1) is 42.7. The molecule has 6 rings (SSSR count). The van der Waals surface area contributed by atoms with E-state index in [1.165, 1.54) is 13.2 Å². The highest BCUT2D eigenvalue weighted by molar-refractivity contribution is 7.85. The van der Waals surface area contributed by atoms with E-state index in [1.54, 1.807) is 37.1 Å². The Kier molecular flexibility index (Phi) is 13.8. The average Bonchev–Trinajstić information content (AvgIpc) is 3.93. The van der Waals surface area contributed by atoms with Gasteiger partial charge in [-0.2, -0.15) is 21.6 Å². The van der Waals surface area contributed by atoms with E-state index < -0.39 is 39.4 Å². The normalized spacial score (nSPS) is 25.5. The monoisotopic (exact) mass is 797 g/mol. The van der Waals surface area contributed by atoms with Gasteiger partial charge in [-0.25, -0.2) is 4.39 Å². The number of piperidine rings is 1. The number of hydrogen-bond acceptors (Lipinski definition) is 8. The Morgan fingerprint density at radius 2 is 1.60 bits per heavy atom. The standard InChI is InChI=1S/C37H47F4N3O4.C3H8O3S/c1-4-24-20-43(35(46)36(38)23-44(28-7-5-6-8-28)22-32(36)25-9-12-29(47-2)13-10-25)21-31(24)30-14-11-27(37(39,40)41)19-33(30)42-17-15-26(16-18-42)34(45)48-3;1-2-3-7(4,5)6/h9-14,19,24,26,28,31-32H,4-8,15-18,20-23H2,1-3H3;2-3H2,1H3,(H,4,5,6)/t24-,31-,32?,36-;/m0./s1. The summed E-state index contributed by atoms with van der Waals surface area (Å²) in [6.45, 7) is 5.59. The van der Waals surface area contributed by atoms with Crippen molar-refractivity contribution in [3.05, 3.63) is 59.2 Å². The zero-order valence-corrected chi connectivity index (χ0v) is 33.0. The van der Waals surface area contributed by atoms with Gasteiger partial charge in [-0.1, -0.05) is 51.3 Å². The number of amides is 1. The predicted molar refractivity (Wildman–Crippen MR) is 202 cm³/mol. The van der Waals surface area contributed by atoms with Crippen molar-refractivity contribution in [3.8, 4) is 5.75 Å². The summed E-state index contributed by atoms with van der Waals surface area (Å²) in [7, 11) is -0.752. The summed E-state index contributed by atoms with van der Waals surface area (Å²) in [6, 6.07) is 11.4. The molecule has 0 spiro atoms. The molecule has 1 N–H and O–H groups in total. The maximum absolute atomic E-state index is 17.6. The lowest BCUT2D eigenvalue weighted by Crippen LogP contribution is -2.50. The molecule has 0 aromatic heterocycles. The van der Waals surface area contributed by atoms with E-state index in [-0.39, 0.29) is 48.6 Å². The number of carbonyl (C=O) groups excluding carboxylic acids is 2. The molecule has 15 heteroatoms. The number of benzene rings is 2. The minimum absolute atomic E-state index is 0.0336. The van der Waals surface area contributed by atoms with Crippen LogP contribution < -0.4 is 9.64 Å². The summed E-state index contributed by atoms with van der Waals surface area (Å²) in [6.07, 6.45) is 1.78. The van der Waals surface area contributed by atoms with E-state index in [9.17, 15) is 31.2 Å². The molecule has 0 radical (unpaired) electrons. The lowest BCUT2D eigenvalue weighted by atomic mass is 9.84. The number of likely N-dealkylation sites (tertiary alicyclic amines) is 2. The van der Waals surface area contributed by atoms with Gasteiger partial charge in [-0.3, -0.25) is 19.0 Å². The van der Waals surface area contributed by atoms with Crippen molar-refractivity contribution in [1.29, 1.82) is 0 Å². The Morgan fingerprint density at radius 3 is 2.13 bits per heavy atom. The van der Waals surface area contributed by atoms with Crippen LogP contribution in [-0.4, -0.2) is 106 Å². The van der Waals surface area contributed by atoms with Crippen molar-refractivity contribution in [1.82, 2.24) is 9.80 Å². The Hall–Kier alpha value is -3.43. The molecule has 2 aromatic carbocycles. The number of nitrogens with zero attached hydrogens (tertiary/aromatic N) is 3. The lowest BCUT2D eigenvalue weighted by Gasteiger charge is -2.35. The Bertz CT molecular complexity index is 1730. The zero-order chi connectivity index (χ0) is 40.1. The van der Waals surface area contributed by atoms with Crippen LogP contribution in [0, 0.1) is 11.8 Å². The van der Waals surface area contributed by atoms with Crippen LogP contribution in [0.1, 0.15) is 93.7 Å². The molecule has 4 atom stereocenters. The molecule has 1 amide bonds. The van der Waals surface area contributed by atoms with E-state index in [2.05, 4.69) is 4.90 Å². The summed E-state index contributed by atoms with van der Waals surface area (Å²) in [4.78, 5) is 32.4. The van der Waals surface area contributed by atoms with E-state index >= 15 is 4.39 Å². The maximum atomic E-state index is 17.6. The van der Waals surface area contributed by atoms with Gasteiger partial charge in [0.2, 0.25) is 5.67 Å². The smallest absolute Gasteiger partial charge is 0.416 e. The highest BCUT2D eigenvalue weighted by atomic mass is 32.2. The highest BCUT2D eigenvalue weighted by Gasteiger charge is 2.57. The first-order valence-corrected chi connectivity index (χ1v) is 21.0. The minimum Gasteiger partial charge on any atom is -0.497 e. The summed E-state index contributed by atoms with van der Waals surface area (Å²) in [5.41, 5.74) is -0.900. The summed E-state index contributed by atoms with van der Waals surface area (Å²) < 4.78 is 97.3. The van der Waals surface area contributed by atoms with Crippen molar-refractivity contribution in [2.24, 2.45) is 11.8 Å². The molecular weight excluding hydrogens is 743 g/mol. The fourth-order valence-electron chi connectivity index (χ4n) is 8.97. The number of rotatable bonds is 10. The molecule has 1 saturated carbocycles. The first-order valence-electron chi connectivity index (χ1n) is 19.4. The molecule has 10 nitrogen and oxygen atoms in total. The predicted octanol–water partition coefficient (Wildman–Crippen LogP) is 7.09. The third-order valence-corrected chi connectivity index (χ3v) is 12.9. The molecule has 3 aliphatic heterocycles. The van der Waals surface area contributed by atoms with Gasteiger partial charge in [-0.15, -0.1) is 0 Å². The van der Waals surface area contributed by atoms with Crippen molar-refractivity contribution < 1.29 is 49.6 Å². The van der Waals surface area contributed by atoms with Crippen LogP contribution in [0.15, 0.2) is 42.5 Å². The first-order chi connectivity index (χ1) is 26.0. The van der Waals surface area contributed by atoms with Gasteiger partial charge in [-0.05, 0) is 73.4 Å². The molecule has 2 aromatic rings. The van der Waals surface area contributed by atoms with E-state index in [0.717, 1.165) is 42.9 Å². The quantitative estimate of drug-likeness (QED) is 0.153. The molecule has 1 aliphatic carbocycles. The van der Waals surface area contributed by atoms with Crippen LogP contribution in [0.4, 0.5) is 23.2 Å². The second kappa shape index (κ2) is 17.8. The number of alkyl halides is 4. The number of anilines is 1. The molecule has 4 fully saturated rings. The topological polar surface area (TPSA) is 117 Å². The van der Waals surface area contributed by atoms with Crippen LogP contribution in [0.2, 0.25) is 0 Å². The number of halogens is 4. The van der Waals surface area contributed by atoms with Crippen LogP contribution in [0.3, 0.4) is 0 Å². The molecule has 55 heavy (non-hydrogen) atoms. The van der Waals surface area contributed by atoms with E-state index in [4.69, 9.17) is 14.0 Å². The zero-order valence-electron chi connectivity index (χ0n) is 32.2. The molecule has 306 valence electrons. The third kappa shape index (κ3) is 9.94. The van der Waals surface area contributed by atoms with Gasteiger partial charge in [0.1, 0.15) is 5.75 Å². The largest absolute Gasteiger partial charge is 0.497 e. The van der Waals surface area contributed by atoms with Gasteiger partial charge in [0.15, 0.2) is 0 Å². The highest BCUT2D eigenvalue weighted by Crippen LogP contribution is 2.47. The number of esters is 1. The summed E-state index contributed by atoms with van der Waals surface area (Å²) in [5.74, 6) is -1.55. The number of ether oxygens (including phenoxy) is 2. The van der Waals surface area contributed by atoms with Crippen molar-refractivity contribution in [3.63, 3.8) is 0 Å². The molecule has 1 unspecified atom stereocenters. The maximum Gasteiger partial charge on any atom is 0.416 e. The van der Waals surface area contributed by atoms with Crippen LogP contribution in [0.5, 0.6) is 5.75 Å². The summed E-state index contributed by atoms with van der Waals surface area (Å²) >= 11 is 0. The Morgan fingerprint density at radius 1 is 0.945 bits per heavy atom. The summed E-state index contributed by atoms with van der Waals surface area (Å²) in [5, 5.41) is 0. The second-order valence-corrected chi connectivity index (χ2v) is 17.0. The fraction of sp³-hybridized carbons (Fsp3) is 0.650. The minimum atomic E-state index is -4.52. The molecule has 3 saturated heterocycles. The average molecular weight is 798 g/mol. The van der Waals surface area contributed by atoms with Crippen molar-refractivity contribution in [2.45, 2.75) is 94.9 Å². The van der Waals surface area contributed by atoms with Crippen LogP contribution >= 0.6 is 0 Å². The van der Waals surface area contributed by atoms with Gasteiger partial charge < -0.3 is 19.3 Å². The van der Waals surface area contributed by atoms with Crippen LogP contribution in [0.25, 0.3) is 0 Å². The van der Waals surface area contributed by atoms with E-state index in [1.807, 2.05) is 24.0 Å². The molecule has 4 aliphatic rings.